The largest absolute Gasteiger partial charge is 0.611 e. The number of H-pyrrole nitrogens is 1. The van der Waals surface area contributed by atoms with Gasteiger partial charge in [-0.2, -0.15) is 5.10 Å². The molecule has 1 N–H and O–H groups in total. The molecule has 110 valence electrons. The smallest absolute Gasteiger partial charge is 0.173 e. The topological polar surface area (TPSA) is 64.6 Å². The quantitative estimate of drug-likeness (QED) is 0.580. The van der Waals surface area contributed by atoms with E-state index < -0.39 is 11.2 Å². The number of benzene rings is 1. The third kappa shape index (κ3) is 2.95. The number of nitrogens with zero attached hydrogens (tertiary/aromatic N) is 2. The molecule has 0 spiro atoms. The van der Waals surface area contributed by atoms with Crippen molar-refractivity contribution in [1.82, 2.24) is 15.2 Å². The van der Waals surface area contributed by atoms with Gasteiger partial charge in [-0.3, -0.25) is 5.10 Å². The van der Waals surface area contributed by atoms with E-state index in [0.717, 1.165) is 10.9 Å². The molecule has 0 radical (unpaired) electrons. The van der Waals surface area contributed by atoms with E-state index >= 15 is 0 Å². The van der Waals surface area contributed by atoms with Gasteiger partial charge < -0.3 is 4.55 Å². The molecule has 0 bridgehead atoms. The zero-order valence-corrected chi connectivity index (χ0v) is 13.3. The van der Waals surface area contributed by atoms with Gasteiger partial charge in [-0.1, -0.05) is 17.7 Å². The summed E-state index contributed by atoms with van der Waals surface area (Å²) < 4.78 is 12.0. The highest BCUT2D eigenvalue weighted by Gasteiger charge is 2.16. The maximum Gasteiger partial charge on any atom is 0.173 e. The molecule has 0 saturated heterocycles. The fraction of sp³-hybridized carbons (Fsp3) is 0.125. The SMILES string of the molecule is CC[S+]([O-])c1cc2[nH]nc(C#Cc3ccccn3)c2cc1Cl. The molecule has 1 unspecified atom stereocenters. The number of hydrogen-bond donors (Lipinski definition) is 1. The fourth-order valence-electron chi connectivity index (χ4n) is 2.00. The van der Waals surface area contributed by atoms with Crippen LogP contribution in [0, 0.1) is 11.8 Å². The van der Waals surface area contributed by atoms with Crippen LogP contribution in [0.1, 0.15) is 18.3 Å². The van der Waals surface area contributed by atoms with Crippen LogP contribution in [0.4, 0.5) is 0 Å². The van der Waals surface area contributed by atoms with E-state index in [1.807, 2.05) is 25.1 Å². The molecule has 1 atom stereocenters. The van der Waals surface area contributed by atoms with Crippen LogP contribution in [-0.4, -0.2) is 25.5 Å². The summed E-state index contributed by atoms with van der Waals surface area (Å²) >= 11 is 5.12. The Kier molecular flexibility index (Phi) is 4.34. The molecule has 2 heterocycles. The first-order valence-electron chi connectivity index (χ1n) is 6.68. The Balaban J connectivity index is 2.03. The third-order valence-electron chi connectivity index (χ3n) is 3.10. The second-order valence-corrected chi connectivity index (χ2v) is 6.62. The van der Waals surface area contributed by atoms with Gasteiger partial charge in [0.1, 0.15) is 17.1 Å². The maximum absolute atomic E-state index is 12.0. The van der Waals surface area contributed by atoms with Crippen LogP contribution in [0.5, 0.6) is 0 Å². The molecule has 0 aliphatic heterocycles. The lowest BCUT2D eigenvalue weighted by Crippen LogP contribution is -2.04. The highest BCUT2D eigenvalue weighted by atomic mass is 35.5. The zero-order chi connectivity index (χ0) is 15.5. The van der Waals surface area contributed by atoms with Gasteiger partial charge in [-0.25, -0.2) is 4.98 Å². The first kappa shape index (κ1) is 14.9. The highest BCUT2D eigenvalue weighted by Crippen LogP contribution is 2.28. The van der Waals surface area contributed by atoms with E-state index in [9.17, 15) is 4.55 Å². The highest BCUT2D eigenvalue weighted by molar-refractivity contribution is 7.91. The van der Waals surface area contributed by atoms with Crippen molar-refractivity contribution in [2.24, 2.45) is 0 Å². The zero-order valence-electron chi connectivity index (χ0n) is 11.8. The van der Waals surface area contributed by atoms with Crippen molar-refractivity contribution in [2.75, 3.05) is 5.75 Å². The lowest BCUT2D eigenvalue weighted by molar-refractivity contribution is 0.596. The third-order valence-corrected chi connectivity index (χ3v) is 4.87. The number of aromatic nitrogens is 3. The molecule has 0 saturated carbocycles. The average Bonchev–Trinajstić information content (AvgIpc) is 2.94. The molecule has 3 aromatic rings. The number of fused-ring (bicyclic) bond motifs is 1. The predicted molar refractivity (Wildman–Crippen MR) is 88.3 cm³/mol. The molecular weight excluding hydrogens is 318 g/mol. The maximum atomic E-state index is 12.0. The number of rotatable bonds is 2. The van der Waals surface area contributed by atoms with Crippen molar-refractivity contribution in [2.45, 2.75) is 11.8 Å². The van der Waals surface area contributed by atoms with Crippen LogP contribution in [0.2, 0.25) is 5.02 Å². The number of aromatic amines is 1. The van der Waals surface area contributed by atoms with Gasteiger partial charge in [-0.05, 0) is 48.1 Å². The molecular formula is C16H12ClN3OS. The van der Waals surface area contributed by atoms with Crippen molar-refractivity contribution < 1.29 is 4.55 Å². The predicted octanol–water partition coefficient (Wildman–Crippen LogP) is 3.14. The van der Waals surface area contributed by atoms with Crippen molar-refractivity contribution in [3.05, 3.63) is 52.9 Å². The summed E-state index contributed by atoms with van der Waals surface area (Å²) in [5, 5.41) is 8.38. The minimum atomic E-state index is -1.11. The Morgan fingerprint density at radius 3 is 2.91 bits per heavy atom. The number of hydrogen-bond acceptors (Lipinski definition) is 3. The monoisotopic (exact) mass is 329 g/mol. The van der Waals surface area contributed by atoms with Crippen LogP contribution in [0.3, 0.4) is 0 Å². The Morgan fingerprint density at radius 1 is 1.32 bits per heavy atom. The van der Waals surface area contributed by atoms with Crippen molar-refractivity contribution in [1.29, 1.82) is 0 Å². The Bertz CT molecular complexity index is 867. The summed E-state index contributed by atoms with van der Waals surface area (Å²) in [7, 11) is 0. The van der Waals surface area contributed by atoms with Crippen LogP contribution in [-0.2, 0) is 11.2 Å². The molecule has 4 nitrogen and oxygen atoms in total. The van der Waals surface area contributed by atoms with Crippen LogP contribution >= 0.6 is 11.6 Å². The summed E-state index contributed by atoms with van der Waals surface area (Å²) in [6, 6.07) is 9.08. The number of halogens is 1. The molecule has 0 fully saturated rings. The Labute approximate surface area is 136 Å². The first-order valence-corrected chi connectivity index (χ1v) is 8.37. The lowest BCUT2D eigenvalue weighted by atomic mass is 10.2. The molecule has 0 aliphatic rings. The van der Waals surface area contributed by atoms with Crippen LogP contribution < -0.4 is 0 Å². The minimum absolute atomic E-state index is 0.468. The molecule has 2 aromatic heterocycles. The second-order valence-electron chi connectivity index (χ2n) is 4.50. The van der Waals surface area contributed by atoms with Gasteiger partial charge in [0.05, 0.1) is 10.5 Å². The second kappa shape index (κ2) is 6.41. The lowest BCUT2D eigenvalue weighted by Gasteiger charge is -2.09. The number of nitrogens with one attached hydrogen (secondary N) is 1. The van der Waals surface area contributed by atoms with Crippen LogP contribution in [0.15, 0.2) is 41.4 Å². The van der Waals surface area contributed by atoms with Crippen molar-refractivity contribution in [3.63, 3.8) is 0 Å². The molecule has 0 amide bonds. The molecule has 3 rings (SSSR count). The van der Waals surface area contributed by atoms with E-state index in [2.05, 4.69) is 27.0 Å². The van der Waals surface area contributed by atoms with Gasteiger partial charge in [0, 0.05) is 17.6 Å². The van der Waals surface area contributed by atoms with Crippen molar-refractivity contribution >= 4 is 33.7 Å². The molecule has 6 heteroatoms. The van der Waals surface area contributed by atoms with E-state index in [1.165, 1.54) is 0 Å². The molecule has 1 aromatic carbocycles. The minimum Gasteiger partial charge on any atom is -0.611 e. The van der Waals surface area contributed by atoms with Gasteiger partial charge in [0.15, 0.2) is 4.90 Å². The van der Waals surface area contributed by atoms with E-state index in [4.69, 9.17) is 11.6 Å². The van der Waals surface area contributed by atoms with Gasteiger partial charge in [0.25, 0.3) is 0 Å². The number of pyridine rings is 1. The summed E-state index contributed by atoms with van der Waals surface area (Å²) in [6.07, 6.45) is 1.69. The fourth-order valence-corrected chi connectivity index (χ4v) is 3.26. The normalized spacial score (nSPS) is 12.0. The summed E-state index contributed by atoms with van der Waals surface area (Å²) in [5.41, 5.74) is 2.04. The van der Waals surface area contributed by atoms with Crippen LogP contribution in [0.25, 0.3) is 10.9 Å². The first-order chi connectivity index (χ1) is 10.7. The summed E-state index contributed by atoms with van der Waals surface area (Å²) in [4.78, 5) is 4.76. The van der Waals surface area contributed by atoms with E-state index in [1.54, 1.807) is 18.3 Å². The molecule has 0 aliphatic carbocycles. The standard InChI is InChI=1S/C16H12ClN3OS/c1-2-22(21)16-10-15-12(9-13(16)17)14(19-20-15)7-6-11-5-3-4-8-18-11/h3-5,8-10H,2H2,1H3,(H,19,20). The van der Waals surface area contributed by atoms with E-state index in [0.29, 0.717) is 27.1 Å². The summed E-state index contributed by atoms with van der Waals surface area (Å²) in [6.45, 7) is 1.85. The Hall–Kier alpha value is -2.00. The van der Waals surface area contributed by atoms with Crippen molar-refractivity contribution in [3.8, 4) is 11.8 Å². The molecule has 22 heavy (non-hydrogen) atoms. The van der Waals surface area contributed by atoms with Gasteiger partial charge in [-0.15, -0.1) is 0 Å². The summed E-state index contributed by atoms with van der Waals surface area (Å²) in [5.74, 6) is 6.46. The van der Waals surface area contributed by atoms with Gasteiger partial charge in [0.2, 0.25) is 0 Å². The van der Waals surface area contributed by atoms with E-state index in [-0.39, 0.29) is 0 Å². The van der Waals surface area contributed by atoms with Gasteiger partial charge >= 0.3 is 0 Å². The Morgan fingerprint density at radius 2 is 2.18 bits per heavy atom. The average molecular weight is 330 g/mol.